The summed E-state index contributed by atoms with van der Waals surface area (Å²) in [6, 6.07) is -1.87. The average Bonchev–Trinajstić information content (AvgIpc) is 2.25. The second-order valence-corrected chi connectivity index (χ2v) is 3.76. The molecule has 1 aliphatic rings. The minimum atomic E-state index is -1.30. The van der Waals surface area contributed by atoms with E-state index in [1.807, 2.05) is 0 Å². The number of aliphatic carboxylic acids is 1. The molecule has 0 radical (unpaired) electrons. The topological polar surface area (TPSA) is 110 Å². The fraction of sp³-hybridized carbons (Fsp3) is 0.778. The van der Waals surface area contributed by atoms with Crippen LogP contribution < -0.4 is 5.32 Å². The van der Waals surface area contributed by atoms with E-state index in [2.05, 4.69) is 5.32 Å². The van der Waals surface area contributed by atoms with Crippen LogP contribution in [0.15, 0.2) is 0 Å². The van der Waals surface area contributed by atoms with E-state index >= 15 is 0 Å². The van der Waals surface area contributed by atoms with Crippen LogP contribution in [-0.4, -0.2) is 64.1 Å². The Morgan fingerprint density at radius 3 is 2.69 bits per heavy atom. The summed E-state index contributed by atoms with van der Waals surface area (Å²) in [4.78, 5) is 23.5. The fourth-order valence-electron chi connectivity index (χ4n) is 1.57. The molecule has 1 rings (SSSR count). The van der Waals surface area contributed by atoms with Gasteiger partial charge in [0.05, 0.1) is 12.7 Å². The molecule has 92 valence electrons. The predicted molar refractivity (Wildman–Crippen MR) is 53.9 cm³/mol. The first-order valence-corrected chi connectivity index (χ1v) is 5.11. The zero-order valence-electron chi connectivity index (χ0n) is 8.80. The lowest BCUT2D eigenvalue weighted by atomic mass is 10.1. The van der Waals surface area contributed by atoms with Gasteiger partial charge >= 0.3 is 12.0 Å². The van der Waals surface area contributed by atoms with Gasteiger partial charge in [-0.3, -0.25) is 0 Å². The third-order valence-corrected chi connectivity index (χ3v) is 2.46. The summed E-state index contributed by atoms with van der Waals surface area (Å²) < 4.78 is 0. The second-order valence-electron chi connectivity index (χ2n) is 3.76. The van der Waals surface area contributed by atoms with Crippen molar-refractivity contribution in [2.75, 3.05) is 19.7 Å². The normalized spacial score (nSPS) is 22.6. The number of aliphatic hydroxyl groups is 2. The summed E-state index contributed by atoms with van der Waals surface area (Å²) in [5.74, 6) is -1.28. The number of carboxylic acid groups (broad SMARTS) is 1. The van der Waals surface area contributed by atoms with Crippen molar-refractivity contribution in [3.8, 4) is 0 Å². The maximum absolute atomic E-state index is 11.5. The van der Waals surface area contributed by atoms with E-state index in [0.717, 1.165) is 0 Å². The lowest BCUT2D eigenvalue weighted by Crippen LogP contribution is -2.52. The minimum absolute atomic E-state index is 0.198. The highest BCUT2D eigenvalue weighted by molar-refractivity contribution is 5.82. The predicted octanol–water partition coefficient (Wildman–Crippen LogP) is -1.40. The largest absolute Gasteiger partial charge is 0.480 e. The molecule has 2 unspecified atom stereocenters. The van der Waals surface area contributed by atoms with Crippen LogP contribution in [0.4, 0.5) is 4.79 Å². The molecule has 4 N–H and O–H groups in total. The fourth-order valence-corrected chi connectivity index (χ4v) is 1.57. The van der Waals surface area contributed by atoms with E-state index in [-0.39, 0.29) is 6.54 Å². The summed E-state index contributed by atoms with van der Waals surface area (Å²) >= 11 is 0. The summed E-state index contributed by atoms with van der Waals surface area (Å²) in [6.07, 6.45) is 0.773. The van der Waals surface area contributed by atoms with Crippen LogP contribution in [0, 0.1) is 0 Å². The number of hydrogen-bond acceptors (Lipinski definition) is 4. The number of piperidine rings is 1. The molecule has 0 spiro atoms. The molecule has 0 aromatic rings. The summed E-state index contributed by atoms with van der Waals surface area (Å²) in [5.41, 5.74) is 0. The Morgan fingerprint density at radius 1 is 1.50 bits per heavy atom. The van der Waals surface area contributed by atoms with Crippen molar-refractivity contribution in [2.24, 2.45) is 0 Å². The van der Waals surface area contributed by atoms with Crippen molar-refractivity contribution in [1.82, 2.24) is 10.2 Å². The number of carboxylic acids is 1. The molecule has 0 saturated carbocycles. The van der Waals surface area contributed by atoms with E-state index in [0.29, 0.717) is 19.4 Å². The monoisotopic (exact) mass is 232 g/mol. The lowest BCUT2D eigenvalue weighted by molar-refractivity contribution is -0.140. The SMILES string of the molecule is O=C(O)C(CO)NC(=O)N1CCCC(O)C1. The van der Waals surface area contributed by atoms with Crippen molar-refractivity contribution in [2.45, 2.75) is 25.0 Å². The average molecular weight is 232 g/mol. The van der Waals surface area contributed by atoms with Crippen LogP contribution in [0.5, 0.6) is 0 Å². The molecule has 0 aromatic carbocycles. The molecule has 0 aromatic heterocycles. The summed E-state index contributed by atoms with van der Waals surface area (Å²) in [7, 11) is 0. The standard InChI is InChI=1S/C9H16N2O5/c12-5-7(8(14)15)10-9(16)11-3-1-2-6(13)4-11/h6-7,12-13H,1-5H2,(H,10,16)(H,14,15). The van der Waals surface area contributed by atoms with Gasteiger partial charge in [0.2, 0.25) is 0 Å². The highest BCUT2D eigenvalue weighted by Gasteiger charge is 2.25. The zero-order valence-corrected chi connectivity index (χ0v) is 8.80. The van der Waals surface area contributed by atoms with Gasteiger partial charge in [-0.2, -0.15) is 0 Å². The Balaban J connectivity index is 2.47. The molecule has 7 heteroatoms. The van der Waals surface area contributed by atoms with Crippen molar-refractivity contribution in [3.05, 3.63) is 0 Å². The number of amides is 2. The highest BCUT2D eigenvalue weighted by Crippen LogP contribution is 2.09. The van der Waals surface area contributed by atoms with Crippen LogP contribution in [0.2, 0.25) is 0 Å². The smallest absolute Gasteiger partial charge is 0.328 e. The van der Waals surface area contributed by atoms with Gasteiger partial charge < -0.3 is 25.5 Å². The number of hydrogen-bond donors (Lipinski definition) is 4. The molecule has 1 aliphatic heterocycles. The number of carbonyl (C=O) groups is 2. The molecule has 2 amide bonds. The first kappa shape index (κ1) is 12.7. The molecule has 0 aliphatic carbocycles. The lowest BCUT2D eigenvalue weighted by Gasteiger charge is -2.30. The first-order valence-electron chi connectivity index (χ1n) is 5.11. The molecule has 1 fully saturated rings. The molecule has 1 heterocycles. The number of β-amino-alcohol motifs (C(OH)–C–C–N with tert-alkyl or cyclic N) is 1. The molecular formula is C9H16N2O5. The van der Waals surface area contributed by atoms with E-state index < -0.39 is 30.8 Å². The van der Waals surface area contributed by atoms with Crippen LogP contribution in [0.1, 0.15) is 12.8 Å². The Morgan fingerprint density at radius 2 is 2.19 bits per heavy atom. The van der Waals surface area contributed by atoms with E-state index in [4.69, 9.17) is 10.2 Å². The van der Waals surface area contributed by atoms with Crippen LogP contribution in [-0.2, 0) is 4.79 Å². The van der Waals surface area contributed by atoms with E-state index in [1.54, 1.807) is 0 Å². The van der Waals surface area contributed by atoms with Gasteiger partial charge in [-0.15, -0.1) is 0 Å². The summed E-state index contributed by atoms with van der Waals surface area (Å²) in [5, 5.41) is 28.9. The Kier molecular flexibility index (Phi) is 4.51. The number of likely N-dealkylation sites (tertiary alicyclic amines) is 1. The molecule has 7 nitrogen and oxygen atoms in total. The number of rotatable bonds is 3. The maximum atomic E-state index is 11.5. The number of nitrogens with one attached hydrogen (secondary N) is 1. The van der Waals surface area contributed by atoms with Gasteiger partial charge in [-0.1, -0.05) is 0 Å². The van der Waals surface area contributed by atoms with E-state index in [9.17, 15) is 14.7 Å². The van der Waals surface area contributed by atoms with Crippen molar-refractivity contribution in [1.29, 1.82) is 0 Å². The zero-order chi connectivity index (χ0) is 12.1. The number of nitrogens with zero attached hydrogens (tertiary/aromatic N) is 1. The van der Waals surface area contributed by atoms with Gasteiger partial charge in [0, 0.05) is 13.1 Å². The molecule has 2 atom stereocenters. The van der Waals surface area contributed by atoms with Crippen molar-refractivity contribution >= 4 is 12.0 Å². The van der Waals surface area contributed by atoms with E-state index in [1.165, 1.54) is 4.90 Å². The molecule has 0 bridgehead atoms. The number of aliphatic hydroxyl groups excluding tert-OH is 2. The Hall–Kier alpha value is -1.34. The van der Waals surface area contributed by atoms with Gasteiger partial charge in [0.1, 0.15) is 0 Å². The molecule has 16 heavy (non-hydrogen) atoms. The Bertz CT molecular complexity index is 271. The van der Waals surface area contributed by atoms with Crippen LogP contribution in [0.3, 0.4) is 0 Å². The maximum Gasteiger partial charge on any atom is 0.328 e. The van der Waals surface area contributed by atoms with Gasteiger partial charge in [-0.25, -0.2) is 9.59 Å². The highest BCUT2D eigenvalue weighted by atomic mass is 16.4. The Labute approximate surface area is 92.7 Å². The number of urea groups is 1. The van der Waals surface area contributed by atoms with Gasteiger partial charge in [0.25, 0.3) is 0 Å². The van der Waals surface area contributed by atoms with Crippen LogP contribution in [0.25, 0.3) is 0 Å². The van der Waals surface area contributed by atoms with Crippen molar-refractivity contribution in [3.63, 3.8) is 0 Å². The number of carbonyl (C=O) groups excluding carboxylic acids is 1. The summed E-state index contributed by atoms with van der Waals surface area (Å²) in [6.45, 7) is 0.0295. The van der Waals surface area contributed by atoms with Crippen LogP contribution >= 0.6 is 0 Å². The molecule has 1 saturated heterocycles. The molecular weight excluding hydrogens is 216 g/mol. The van der Waals surface area contributed by atoms with Crippen molar-refractivity contribution < 1.29 is 24.9 Å². The first-order chi connectivity index (χ1) is 7.54. The van der Waals surface area contributed by atoms with Gasteiger partial charge in [0.15, 0.2) is 6.04 Å². The minimum Gasteiger partial charge on any atom is -0.480 e. The third-order valence-electron chi connectivity index (χ3n) is 2.46. The quantitative estimate of drug-likeness (QED) is 0.478. The van der Waals surface area contributed by atoms with Gasteiger partial charge in [-0.05, 0) is 12.8 Å². The third kappa shape index (κ3) is 3.35. The second kappa shape index (κ2) is 5.66.